The lowest BCUT2D eigenvalue weighted by Crippen LogP contribution is -2.26. The molecule has 0 saturated carbocycles. The summed E-state index contributed by atoms with van der Waals surface area (Å²) in [4.78, 5) is 16.5. The molecule has 2 N–H and O–H groups in total. The highest BCUT2D eigenvalue weighted by molar-refractivity contribution is 5.60. The van der Waals surface area contributed by atoms with Crippen molar-refractivity contribution in [1.82, 2.24) is 4.98 Å². The molecule has 0 bridgehead atoms. The Morgan fingerprint density at radius 3 is 2.71 bits per heavy atom. The summed E-state index contributed by atoms with van der Waals surface area (Å²) in [5, 5.41) is 10.9. The topological polar surface area (TPSA) is 85.3 Å². The fourth-order valence-electron chi connectivity index (χ4n) is 1.59. The highest BCUT2D eigenvalue weighted by atomic mass is 16.6. The number of nitrogens with two attached hydrogens (primary N) is 1. The molecular formula is C11H18N4O2. The smallest absolute Gasteiger partial charge is 0.311 e. The molecule has 0 atom stereocenters. The Balaban J connectivity index is 3.06. The van der Waals surface area contributed by atoms with Crippen LogP contribution in [0.2, 0.25) is 0 Å². The summed E-state index contributed by atoms with van der Waals surface area (Å²) in [5.74, 6) is 0.673. The van der Waals surface area contributed by atoms with Crippen molar-refractivity contribution in [3.63, 3.8) is 0 Å². The van der Waals surface area contributed by atoms with Crippen LogP contribution in [0.1, 0.15) is 26.7 Å². The third-order valence-electron chi connectivity index (χ3n) is 2.54. The van der Waals surface area contributed by atoms with E-state index in [-0.39, 0.29) is 5.69 Å². The number of nitrogens with zero attached hydrogens (tertiary/aromatic N) is 3. The maximum Gasteiger partial charge on any atom is 0.311 e. The van der Waals surface area contributed by atoms with Crippen molar-refractivity contribution >= 4 is 17.3 Å². The zero-order chi connectivity index (χ0) is 12.8. The molecule has 6 heteroatoms. The Bertz CT molecular complexity index is 395. The van der Waals surface area contributed by atoms with Crippen LogP contribution in [0.25, 0.3) is 0 Å². The van der Waals surface area contributed by atoms with Crippen LogP contribution in [0.3, 0.4) is 0 Å². The highest BCUT2D eigenvalue weighted by Crippen LogP contribution is 2.26. The zero-order valence-electron chi connectivity index (χ0n) is 10.2. The number of aromatic nitrogens is 1. The largest absolute Gasteiger partial charge is 0.384 e. The van der Waals surface area contributed by atoms with Crippen molar-refractivity contribution in [2.24, 2.45) is 0 Å². The molecule has 0 aliphatic heterocycles. The summed E-state index contributed by atoms with van der Waals surface area (Å²) < 4.78 is 0. The van der Waals surface area contributed by atoms with E-state index in [1.165, 1.54) is 12.1 Å². The maximum atomic E-state index is 10.9. The molecule has 1 heterocycles. The monoisotopic (exact) mass is 238 g/mol. The molecule has 1 aromatic rings. The fourth-order valence-corrected chi connectivity index (χ4v) is 1.59. The van der Waals surface area contributed by atoms with Gasteiger partial charge in [-0.2, -0.15) is 0 Å². The standard InChI is InChI=1S/C11H18N4O2/c1-3-5-8-14(4-2)11-9(15(16)17)6-7-10(12)13-11/h6-7H,3-5,8H2,1-2H3,(H2,12,13). The summed E-state index contributed by atoms with van der Waals surface area (Å²) in [7, 11) is 0. The number of pyridine rings is 1. The van der Waals surface area contributed by atoms with Crippen LogP contribution in [0, 0.1) is 10.1 Å². The van der Waals surface area contributed by atoms with Crippen molar-refractivity contribution in [3.8, 4) is 0 Å². The molecule has 0 fully saturated rings. The molecule has 94 valence electrons. The van der Waals surface area contributed by atoms with Crippen molar-refractivity contribution in [2.45, 2.75) is 26.7 Å². The van der Waals surface area contributed by atoms with Crippen molar-refractivity contribution < 1.29 is 4.92 Å². The number of hydrogen-bond acceptors (Lipinski definition) is 5. The number of anilines is 2. The second-order valence-electron chi connectivity index (χ2n) is 3.77. The van der Waals surface area contributed by atoms with E-state index in [9.17, 15) is 10.1 Å². The second-order valence-corrected chi connectivity index (χ2v) is 3.77. The molecule has 0 amide bonds. The average molecular weight is 238 g/mol. The van der Waals surface area contributed by atoms with E-state index >= 15 is 0 Å². The maximum absolute atomic E-state index is 10.9. The lowest BCUT2D eigenvalue weighted by atomic mass is 10.3. The first-order valence-corrected chi connectivity index (χ1v) is 5.76. The molecule has 1 rings (SSSR count). The molecule has 0 spiro atoms. The predicted octanol–water partition coefficient (Wildman–Crippen LogP) is 2.20. The van der Waals surface area contributed by atoms with Crippen LogP contribution in [0.4, 0.5) is 17.3 Å². The molecule has 1 aromatic heterocycles. The van der Waals surface area contributed by atoms with E-state index < -0.39 is 4.92 Å². The zero-order valence-corrected chi connectivity index (χ0v) is 10.2. The van der Waals surface area contributed by atoms with E-state index in [2.05, 4.69) is 11.9 Å². The van der Waals surface area contributed by atoms with Gasteiger partial charge in [-0.1, -0.05) is 13.3 Å². The predicted molar refractivity (Wildman–Crippen MR) is 68.1 cm³/mol. The van der Waals surface area contributed by atoms with Crippen molar-refractivity contribution in [2.75, 3.05) is 23.7 Å². The minimum Gasteiger partial charge on any atom is -0.384 e. The van der Waals surface area contributed by atoms with Gasteiger partial charge >= 0.3 is 5.69 Å². The average Bonchev–Trinajstić information content (AvgIpc) is 2.29. The first kappa shape index (κ1) is 13.2. The van der Waals surface area contributed by atoms with Crippen LogP contribution in [0.15, 0.2) is 12.1 Å². The molecule has 6 nitrogen and oxygen atoms in total. The Morgan fingerprint density at radius 2 is 2.18 bits per heavy atom. The first-order valence-electron chi connectivity index (χ1n) is 5.76. The van der Waals surface area contributed by atoms with Gasteiger partial charge in [0, 0.05) is 19.2 Å². The summed E-state index contributed by atoms with van der Waals surface area (Å²) in [6.45, 7) is 5.46. The Labute approximate surface area is 101 Å². The number of unbranched alkanes of at least 4 members (excludes halogenated alkanes) is 1. The molecule has 0 aliphatic carbocycles. The number of hydrogen-bond donors (Lipinski definition) is 1. The molecular weight excluding hydrogens is 220 g/mol. The molecule has 0 unspecified atom stereocenters. The van der Waals surface area contributed by atoms with Gasteiger partial charge in [0.1, 0.15) is 5.82 Å². The molecule has 17 heavy (non-hydrogen) atoms. The van der Waals surface area contributed by atoms with Crippen LogP contribution in [-0.2, 0) is 0 Å². The minimum absolute atomic E-state index is 0.0113. The summed E-state index contributed by atoms with van der Waals surface area (Å²) in [6, 6.07) is 2.86. The quantitative estimate of drug-likeness (QED) is 0.606. The Hall–Kier alpha value is -1.85. The van der Waals surface area contributed by atoms with Crippen LogP contribution >= 0.6 is 0 Å². The molecule has 0 saturated heterocycles. The third-order valence-corrected chi connectivity index (χ3v) is 2.54. The Morgan fingerprint density at radius 1 is 1.47 bits per heavy atom. The van der Waals surface area contributed by atoms with E-state index in [1.807, 2.05) is 11.8 Å². The van der Waals surface area contributed by atoms with Gasteiger partial charge in [-0.3, -0.25) is 10.1 Å². The number of nitrogen functional groups attached to an aromatic ring is 1. The number of rotatable bonds is 6. The van der Waals surface area contributed by atoms with Gasteiger partial charge in [0.05, 0.1) is 4.92 Å². The number of nitro groups is 1. The summed E-state index contributed by atoms with van der Waals surface area (Å²) in [6.07, 6.45) is 2.01. The highest BCUT2D eigenvalue weighted by Gasteiger charge is 2.20. The van der Waals surface area contributed by atoms with Gasteiger partial charge in [-0.25, -0.2) is 4.98 Å². The third kappa shape index (κ3) is 3.30. The Kier molecular flexibility index (Phi) is 4.68. The van der Waals surface area contributed by atoms with Crippen molar-refractivity contribution in [3.05, 3.63) is 22.2 Å². The van der Waals surface area contributed by atoms with Gasteiger partial charge in [0.25, 0.3) is 0 Å². The SMILES string of the molecule is CCCCN(CC)c1nc(N)ccc1[N+](=O)[O-]. The minimum atomic E-state index is -0.420. The fraction of sp³-hybridized carbons (Fsp3) is 0.545. The lowest BCUT2D eigenvalue weighted by Gasteiger charge is -2.21. The second kappa shape index (κ2) is 6.03. The normalized spacial score (nSPS) is 10.2. The van der Waals surface area contributed by atoms with E-state index in [0.717, 1.165) is 19.4 Å². The van der Waals surface area contributed by atoms with Crippen LogP contribution in [-0.4, -0.2) is 23.0 Å². The van der Waals surface area contributed by atoms with E-state index in [0.29, 0.717) is 18.2 Å². The van der Waals surface area contributed by atoms with E-state index in [4.69, 9.17) is 5.73 Å². The van der Waals surface area contributed by atoms with E-state index in [1.54, 1.807) is 0 Å². The lowest BCUT2D eigenvalue weighted by molar-refractivity contribution is -0.384. The van der Waals surface area contributed by atoms with Gasteiger partial charge in [0.15, 0.2) is 0 Å². The van der Waals surface area contributed by atoms with Gasteiger partial charge < -0.3 is 10.6 Å². The van der Waals surface area contributed by atoms with Crippen LogP contribution < -0.4 is 10.6 Å². The van der Waals surface area contributed by atoms with Crippen molar-refractivity contribution in [1.29, 1.82) is 0 Å². The van der Waals surface area contributed by atoms with Gasteiger partial charge in [0.2, 0.25) is 5.82 Å². The van der Waals surface area contributed by atoms with Crippen LogP contribution in [0.5, 0.6) is 0 Å². The summed E-state index contributed by atoms with van der Waals surface area (Å²) in [5.41, 5.74) is 5.60. The van der Waals surface area contributed by atoms with Gasteiger partial charge in [-0.05, 0) is 19.4 Å². The summed E-state index contributed by atoms with van der Waals surface area (Å²) >= 11 is 0. The molecule has 0 radical (unpaired) electrons. The van der Waals surface area contributed by atoms with Gasteiger partial charge in [-0.15, -0.1) is 0 Å². The molecule has 0 aromatic carbocycles. The first-order chi connectivity index (χ1) is 8.10. The molecule has 0 aliphatic rings.